The first kappa shape index (κ1) is 9.98. The first-order chi connectivity index (χ1) is 6.79. The maximum absolute atomic E-state index is 8.65. The maximum Gasteiger partial charge on any atom is 0.119 e. The first-order valence-corrected chi connectivity index (χ1v) is 3.97. The van der Waals surface area contributed by atoms with E-state index in [4.69, 9.17) is 10.2 Å². The smallest absolute Gasteiger partial charge is 0.119 e. The summed E-state index contributed by atoms with van der Waals surface area (Å²) in [4.78, 5) is 7.35. The van der Waals surface area contributed by atoms with Gasteiger partial charge in [0.2, 0.25) is 0 Å². The fraction of sp³-hybridized carbons (Fsp3) is 0. The molecule has 1 aromatic heterocycles. The third-order valence-corrected chi connectivity index (χ3v) is 1.31. The van der Waals surface area contributed by atoms with E-state index in [1.54, 1.807) is 24.5 Å². The summed E-state index contributed by atoms with van der Waals surface area (Å²) in [5.74, 6) is 0.176. The quantitative estimate of drug-likeness (QED) is 0.661. The fourth-order valence-corrected chi connectivity index (χ4v) is 0.746. The Kier molecular flexibility index (Phi) is 3.94. The molecule has 2 rings (SSSR count). The van der Waals surface area contributed by atoms with E-state index in [2.05, 4.69) is 9.97 Å². The summed E-state index contributed by atoms with van der Waals surface area (Å²) in [7, 11) is 0. The maximum atomic E-state index is 8.65. The van der Waals surface area contributed by atoms with Crippen LogP contribution < -0.4 is 0 Å². The highest BCUT2D eigenvalue weighted by atomic mass is 16.3. The molecule has 0 unspecified atom stereocenters. The lowest BCUT2D eigenvalue weighted by Crippen LogP contribution is -1.66. The summed E-state index contributed by atoms with van der Waals surface area (Å²) in [6.45, 7) is 0. The van der Waals surface area contributed by atoms with E-state index in [-0.39, 0.29) is 11.5 Å². The van der Waals surface area contributed by atoms with Crippen molar-refractivity contribution in [1.82, 2.24) is 9.97 Å². The molecule has 1 aromatic carbocycles. The third kappa shape index (κ3) is 4.06. The van der Waals surface area contributed by atoms with Gasteiger partial charge in [-0.3, -0.25) is 0 Å². The highest BCUT2D eigenvalue weighted by molar-refractivity contribution is 5.30. The van der Waals surface area contributed by atoms with E-state index >= 15 is 0 Å². The molecule has 0 saturated heterocycles. The molecule has 0 aliphatic carbocycles. The minimum atomic E-state index is 0.0880. The van der Waals surface area contributed by atoms with Crippen LogP contribution in [-0.4, -0.2) is 20.2 Å². The van der Waals surface area contributed by atoms with Gasteiger partial charge in [0.15, 0.2) is 0 Å². The molecule has 1 heterocycles. The van der Waals surface area contributed by atoms with Gasteiger partial charge in [0.1, 0.15) is 17.8 Å². The van der Waals surface area contributed by atoms with Crippen molar-refractivity contribution in [2.45, 2.75) is 0 Å². The van der Waals surface area contributed by atoms with Crippen LogP contribution in [0.15, 0.2) is 49.1 Å². The number of aromatic hydroxyl groups is 2. The Morgan fingerprint density at radius 2 is 1.43 bits per heavy atom. The van der Waals surface area contributed by atoms with Gasteiger partial charge in [-0.1, -0.05) is 6.07 Å². The predicted molar refractivity (Wildman–Crippen MR) is 51.8 cm³/mol. The number of aromatic nitrogens is 2. The average molecular weight is 190 g/mol. The van der Waals surface area contributed by atoms with E-state index in [9.17, 15) is 0 Å². The monoisotopic (exact) mass is 190 g/mol. The highest BCUT2D eigenvalue weighted by Gasteiger charge is 1.85. The van der Waals surface area contributed by atoms with Crippen LogP contribution in [-0.2, 0) is 0 Å². The summed E-state index contributed by atoms with van der Waals surface area (Å²) >= 11 is 0. The minimum absolute atomic E-state index is 0.0880. The Bertz CT molecular complexity index is 322. The Labute approximate surface area is 81.5 Å². The molecule has 0 atom stereocenters. The molecule has 0 amide bonds. The van der Waals surface area contributed by atoms with Gasteiger partial charge in [0, 0.05) is 18.5 Å². The molecule has 2 aromatic rings. The normalized spacial score (nSPS) is 8.57. The molecule has 0 fully saturated rings. The Morgan fingerprint density at radius 3 is 1.64 bits per heavy atom. The van der Waals surface area contributed by atoms with E-state index in [0.29, 0.717) is 0 Å². The number of nitrogens with zero attached hydrogens (tertiary/aromatic N) is 2. The van der Waals surface area contributed by atoms with Crippen LogP contribution in [0.5, 0.6) is 11.5 Å². The van der Waals surface area contributed by atoms with Gasteiger partial charge in [-0.05, 0) is 18.2 Å². The van der Waals surface area contributed by atoms with Crippen molar-refractivity contribution in [2.75, 3.05) is 0 Å². The summed E-state index contributed by atoms with van der Waals surface area (Å²) in [6.07, 6.45) is 4.88. The van der Waals surface area contributed by atoms with Crippen molar-refractivity contribution in [3.8, 4) is 11.5 Å². The predicted octanol–water partition coefficient (Wildman–Crippen LogP) is 1.57. The van der Waals surface area contributed by atoms with Crippen molar-refractivity contribution >= 4 is 0 Å². The van der Waals surface area contributed by atoms with Gasteiger partial charge in [-0.25, -0.2) is 9.97 Å². The molecule has 0 radical (unpaired) electrons. The number of benzene rings is 1. The van der Waals surface area contributed by atoms with Crippen LogP contribution in [0.25, 0.3) is 0 Å². The van der Waals surface area contributed by atoms with Gasteiger partial charge in [-0.15, -0.1) is 0 Å². The summed E-state index contributed by atoms with van der Waals surface area (Å²) in [5.41, 5.74) is 0. The van der Waals surface area contributed by atoms with E-state index in [1.165, 1.54) is 24.5 Å². The van der Waals surface area contributed by atoms with Gasteiger partial charge in [-0.2, -0.15) is 0 Å². The molecule has 72 valence electrons. The molecule has 4 heteroatoms. The summed E-state index contributed by atoms with van der Waals surface area (Å²) in [5, 5.41) is 17.3. The standard InChI is InChI=1S/C6H6O2.C4H4N2/c7-5-2-1-3-6(8)4-5;1-2-5-4-6-3-1/h1-4,7-8H;1-4H. The summed E-state index contributed by atoms with van der Waals surface area (Å²) < 4.78 is 0. The summed E-state index contributed by atoms with van der Waals surface area (Å²) in [6, 6.07) is 7.63. The van der Waals surface area contributed by atoms with Crippen LogP contribution in [0, 0.1) is 0 Å². The van der Waals surface area contributed by atoms with E-state index < -0.39 is 0 Å². The van der Waals surface area contributed by atoms with Gasteiger partial charge in [0.25, 0.3) is 0 Å². The molecule has 0 spiro atoms. The zero-order valence-corrected chi connectivity index (χ0v) is 7.41. The third-order valence-electron chi connectivity index (χ3n) is 1.31. The molecule has 0 aliphatic rings. The second kappa shape index (κ2) is 5.53. The molecule has 2 N–H and O–H groups in total. The van der Waals surface area contributed by atoms with E-state index in [0.717, 1.165) is 0 Å². The fourth-order valence-electron chi connectivity index (χ4n) is 0.746. The lowest BCUT2D eigenvalue weighted by molar-refractivity contribution is 0.450. The van der Waals surface area contributed by atoms with Crippen molar-refractivity contribution in [2.24, 2.45) is 0 Å². The molecule has 14 heavy (non-hydrogen) atoms. The van der Waals surface area contributed by atoms with Crippen LogP contribution in [0.2, 0.25) is 0 Å². The molecule has 0 saturated carbocycles. The van der Waals surface area contributed by atoms with Gasteiger partial charge in [0.05, 0.1) is 0 Å². The second-order valence-electron chi connectivity index (χ2n) is 2.42. The molecule has 4 nitrogen and oxygen atoms in total. The van der Waals surface area contributed by atoms with Crippen LogP contribution in [0.3, 0.4) is 0 Å². The first-order valence-electron chi connectivity index (χ1n) is 3.97. The molecule has 0 bridgehead atoms. The Balaban J connectivity index is 0.000000146. The Hall–Kier alpha value is -2.10. The van der Waals surface area contributed by atoms with Crippen LogP contribution >= 0.6 is 0 Å². The highest BCUT2D eigenvalue weighted by Crippen LogP contribution is 2.14. The van der Waals surface area contributed by atoms with Gasteiger partial charge < -0.3 is 10.2 Å². The van der Waals surface area contributed by atoms with Crippen LogP contribution in [0.4, 0.5) is 0 Å². The number of hydrogen-bond acceptors (Lipinski definition) is 4. The van der Waals surface area contributed by atoms with Crippen LogP contribution in [0.1, 0.15) is 0 Å². The van der Waals surface area contributed by atoms with Crippen molar-refractivity contribution in [1.29, 1.82) is 0 Å². The van der Waals surface area contributed by atoms with Gasteiger partial charge >= 0.3 is 0 Å². The SMILES string of the molecule is Oc1cccc(O)c1.c1cncnc1. The van der Waals surface area contributed by atoms with Crippen molar-refractivity contribution < 1.29 is 10.2 Å². The topological polar surface area (TPSA) is 66.2 Å². The zero-order chi connectivity index (χ0) is 10.2. The Morgan fingerprint density at radius 1 is 0.857 bits per heavy atom. The number of hydrogen-bond donors (Lipinski definition) is 2. The zero-order valence-electron chi connectivity index (χ0n) is 7.41. The number of phenols is 2. The lowest BCUT2D eigenvalue weighted by atomic mass is 10.3. The second-order valence-corrected chi connectivity index (χ2v) is 2.42. The van der Waals surface area contributed by atoms with Crippen molar-refractivity contribution in [3.63, 3.8) is 0 Å². The average Bonchev–Trinajstić information content (AvgIpc) is 2.21. The molecular weight excluding hydrogens is 180 g/mol. The number of rotatable bonds is 0. The van der Waals surface area contributed by atoms with Crippen molar-refractivity contribution in [3.05, 3.63) is 49.1 Å². The molecular formula is C10H10N2O2. The van der Waals surface area contributed by atoms with E-state index in [1.807, 2.05) is 0 Å². The lowest BCUT2D eigenvalue weighted by Gasteiger charge is -1.89. The minimum Gasteiger partial charge on any atom is -0.508 e. The number of phenolic OH excluding ortho intramolecular Hbond substituents is 2. The largest absolute Gasteiger partial charge is 0.508 e. The molecule has 0 aliphatic heterocycles.